The van der Waals surface area contributed by atoms with Crippen LogP contribution >= 0.6 is 15.9 Å². The van der Waals surface area contributed by atoms with E-state index >= 15 is 0 Å². The molecule has 2 aromatic rings. The van der Waals surface area contributed by atoms with Crippen LogP contribution < -0.4 is 5.32 Å². The molecule has 0 unspecified atom stereocenters. The molecule has 0 spiro atoms. The van der Waals surface area contributed by atoms with Gasteiger partial charge in [-0.05, 0) is 29.3 Å². The van der Waals surface area contributed by atoms with E-state index in [1.165, 1.54) is 0 Å². The number of aromatic nitrogens is 2. The molecule has 0 saturated heterocycles. The Balaban J connectivity index is 2.37. The number of nitrogens with one attached hydrogen (secondary N) is 1. The summed E-state index contributed by atoms with van der Waals surface area (Å²) in [5.41, 5.74) is 1.94. The lowest BCUT2D eigenvalue weighted by Gasteiger charge is -2.12. The van der Waals surface area contributed by atoms with Gasteiger partial charge in [-0.15, -0.1) is 0 Å². The van der Waals surface area contributed by atoms with Crippen LogP contribution in [-0.4, -0.2) is 23.1 Å². The lowest BCUT2D eigenvalue weighted by molar-refractivity contribution is 0.116. The molecule has 5 heteroatoms. The summed E-state index contributed by atoms with van der Waals surface area (Å²) in [4.78, 5) is 9.16. The fraction of sp³-hybridized carbons (Fsp3) is 0.375. The Bertz CT molecular complexity index is 575. The highest BCUT2D eigenvalue weighted by Gasteiger charge is 2.13. The van der Waals surface area contributed by atoms with Crippen molar-refractivity contribution in [3.63, 3.8) is 0 Å². The van der Waals surface area contributed by atoms with Crippen LogP contribution in [0.15, 0.2) is 34.8 Å². The average molecular weight is 350 g/mol. The highest BCUT2D eigenvalue weighted by molar-refractivity contribution is 9.10. The summed E-state index contributed by atoms with van der Waals surface area (Å²) in [6.45, 7) is 6.08. The molecule has 112 valence electrons. The maximum absolute atomic E-state index is 5.56. The Morgan fingerprint density at radius 2 is 1.90 bits per heavy atom. The van der Waals surface area contributed by atoms with E-state index in [0.717, 1.165) is 41.1 Å². The van der Waals surface area contributed by atoms with Gasteiger partial charge < -0.3 is 10.1 Å². The van der Waals surface area contributed by atoms with Gasteiger partial charge in [0.25, 0.3) is 0 Å². The van der Waals surface area contributed by atoms with Crippen LogP contribution in [0.1, 0.15) is 26.1 Å². The van der Waals surface area contributed by atoms with E-state index in [0.29, 0.717) is 12.4 Å². The summed E-state index contributed by atoms with van der Waals surface area (Å²) in [5.74, 6) is 1.50. The Morgan fingerprint density at radius 1 is 1.14 bits per heavy atom. The molecule has 0 amide bonds. The molecule has 1 aromatic heterocycles. The lowest BCUT2D eigenvalue weighted by Crippen LogP contribution is -2.08. The van der Waals surface area contributed by atoms with Crippen molar-refractivity contribution in [2.75, 3.05) is 18.5 Å². The van der Waals surface area contributed by atoms with Crippen LogP contribution in [0.25, 0.3) is 11.3 Å². The molecule has 1 heterocycles. The molecule has 1 aromatic carbocycles. The van der Waals surface area contributed by atoms with Gasteiger partial charge in [0.1, 0.15) is 12.4 Å². The number of hydrogen-bond acceptors (Lipinski definition) is 4. The van der Waals surface area contributed by atoms with E-state index < -0.39 is 0 Å². The summed E-state index contributed by atoms with van der Waals surface area (Å²) in [6.07, 6.45) is 0.988. The molecule has 1 N–H and O–H groups in total. The van der Waals surface area contributed by atoms with Crippen LogP contribution in [0.3, 0.4) is 0 Å². The maximum atomic E-state index is 5.56. The van der Waals surface area contributed by atoms with Gasteiger partial charge in [-0.25, -0.2) is 9.97 Å². The minimum Gasteiger partial charge on any atom is -0.373 e. The summed E-state index contributed by atoms with van der Waals surface area (Å²) >= 11 is 3.61. The van der Waals surface area contributed by atoms with Gasteiger partial charge >= 0.3 is 0 Å². The number of rotatable bonds is 7. The van der Waals surface area contributed by atoms with E-state index in [-0.39, 0.29) is 0 Å². The van der Waals surface area contributed by atoms with E-state index in [1.807, 2.05) is 37.3 Å². The molecule has 0 bridgehead atoms. The fourth-order valence-electron chi connectivity index (χ4n) is 1.94. The molecule has 0 saturated carbocycles. The Hall–Kier alpha value is -1.46. The monoisotopic (exact) mass is 349 g/mol. The molecule has 21 heavy (non-hydrogen) atoms. The van der Waals surface area contributed by atoms with Gasteiger partial charge in [0.15, 0.2) is 5.82 Å². The molecular formula is C16H20BrN3O. The first kappa shape index (κ1) is 15.9. The van der Waals surface area contributed by atoms with Crippen molar-refractivity contribution in [1.82, 2.24) is 9.97 Å². The Kier molecular flexibility index (Phi) is 6.14. The predicted molar refractivity (Wildman–Crippen MR) is 89.3 cm³/mol. The van der Waals surface area contributed by atoms with Crippen molar-refractivity contribution in [3.8, 4) is 11.3 Å². The molecule has 0 aliphatic rings. The first-order chi connectivity index (χ1) is 10.3. The zero-order valence-corrected chi connectivity index (χ0v) is 14.0. The van der Waals surface area contributed by atoms with Crippen LogP contribution in [0.2, 0.25) is 0 Å². The number of ether oxygens (including phenoxy) is 1. The second-order valence-corrected chi connectivity index (χ2v) is 5.39. The summed E-state index contributed by atoms with van der Waals surface area (Å²) in [6, 6.07) is 10.1. The second-order valence-electron chi connectivity index (χ2n) is 4.60. The number of halogens is 1. The number of hydrogen-bond donors (Lipinski definition) is 1. The largest absolute Gasteiger partial charge is 0.373 e. The van der Waals surface area contributed by atoms with Crippen molar-refractivity contribution in [1.29, 1.82) is 0 Å². The molecule has 0 aliphatic carbocycles. The van der Waals surface area contributed by atoms with Crippen molar-refractivity contribution in [2.24, 2.45) is 0 Å². The minimum atomic E-state index is 0.430. The highest BCUT2D eigenvalue weighted by Crippen LogP contribution is 2.31. The van der Waals surface area contributed by atoms with Gasteiger partial charge in [0.05, 0.1) is 10.2 Å². The number of nitrogens with zero attached hydrogens (tertiary/aromatic N) is 2. The molecule has 0 fully saturated rings. The van der Waals surface area contributed by atoms with Crippen LogP contribution in [-0.2, 0) is 11.3 Å². The first-order valence-electron chi connectivity index (χ1n) is 7.19. The first-order valence-corrected chi connectivity index (χ1v) is 7.99. The summed E-state index contributed by atoms with van der Waals surface area (Å²) in [5, 5.41) is 3.26. The third-order valence-corrected chi connectivity index (χ3v) is 3.62. The molecule has 0 radical (unpaired) electrons. The van der Waals surface area contributed by atoms with E-state index in [2.05, 4.69) is 38.1 Å². The van der Waals surface area contributed by atoms with E-state index in [4.69, 9.17) is 4.74 Å². The van der Waals surface area contributed by atoms with Gasteiger partial charge in [0.2, 0.25) is 0 Å². The number of anilines is 1. The predicted octanol–water partition coefficient (Wildman–Crippen LogP) is 4.26. The van der Waals surface area contributed by atoms with Crippen molar-refractivity contribution in [3.05, 3.63) is 40.6 Å². The zero-order valence-electron chi connectivity index (χ0n) is 12.4. The zero-order chi connectivity index (χ0) is 15.1. The van der Waals surface area contributed by atoms with Crippen LogP contribution in [0, 0.1) is 0 Å². The van der Waals surface area contributed by atoms with Crippen LogP contribution in [0.5, 0.6) is 0 Å². The lowest BCUT2D eigenvalue weighted by atomic mass is 10.1. The average Bonchev–Trinajstić information content (AvgIpc) is 2.51. The smallest absolute Gasteiger partial charge is 0.157 e. The third kappa shape index (κ3) is 4.25. The topological polar surface area (TPSA) is 47.0 Å². The molecule has 0 atom stereocenters. The van der Waals surface area contributed by atoms with Gasteiger partial charge in [-0.3, -0.25) is 0 Å². The van der Waals surface area contributed by atoms with Crippen molar-refractivity contribution in [2.45, 2.75) is 26.9 Å². The van der Waals surface area contributed by atoms with Crippen molar-refractivity contribution < 1.29 is 4.74 Å². The second kappa shape index (κ2) is 8.10. The fourth-order valence-corrected chi connectivity index (χ4v) is 2.48. The van der Waals surface area contributed by atoms with Gasteiger partial charge in [-0.2, -0.15) is 0 Å². The molecule has 0 aliphatic heterocycles. The summed E-state index contributed by atoms with van der Waals surface area (Å²) < 4.78 is 6.45. The third-order valence-electron chi connectivity index (χ3n) is 2.87. The van der Waals surface area contributed by atoms with Crippen LogP contribution in [0.4, 0.5) is 5.82 Å². The quantitative estimate of drug-likeness (QED) is 0.758. The van der Waals surface area contributed by atoms with Crippen molar-refractivity contribution >= 4 is 21.7 Å². The Labute approximate surface area is 134 Å². The van der Waals surface area contributed by atoms with E-state index in [1.54, 1.807) is 0 Å². The minimum absolute atomic E-state index is 0.430. The molecular weight excluding hydrogens is 330 g/mol. The van der Waals surface area contributed by atoms with E-state index in [9.17, 15) is 0 Å². The van der Waals surface area contributed by atoms with Gasteiger partial charge in [0, 0.05) is 18.7 Å². The summed E-state index contributed by atoms with van der Waals surface area (Å²) in [7, 11) is 0. The molecule has 4 nitrogen and oxygen atoms in total. The van der Waals surface area contributed by atoms with Gasteiger partial charge in [-0.1, -0.05) is 37.3 Å². The highest BCUT2D eigenvalue weighted by atomic mass is 79.9. The normalized spacial score (nSPS) is 10.6. The Morgan fingerprint density at radius 3 is 2.57 bits per heavy atom. The maximum Gasteiger partial charge on any atom is 0.157 e. The standard InChI is InChI=1S/C16H20BrN3O/c1-3-10-21-11-13-19-15(12-8-6-5-7-9-12)14(17)16(20-13)18-4-2/h5-9H,3-4,10-11H2,1-2H3,(H,18,19,20). The SMILES string of the molecule is CCCOCc1nc(NCC)c(Br)c(-c2ccccc2)n1. The molecule has 2 rings (SSSR count). The number of benzene rings is 1.